The van der Waals surface area contributed by atoms with Gasteiger partial charge in [0.15, 0.2) is 0 Å². The van der Waals surface area contributed by atoms with Crippen LogP contribution in [-0.2, 0) is 6.54 Å². The molecule has 90 valence electrons. The lowest BCUT2D eigenvalue weighted by Crippen LogP contribution is -2.19. The molecule has 0 aliphatic rings. The van der Waals surface area contributed by atoms with Crippen molar-refractivity contribution in [3.63, 3.8) is 0 Å². The van der Waals surface area contributed by atoms with Gasteiger partial charge in [-0.25, -0.2) is 0 Å². The lowest BCUT2D eigenvalue weighted by atomic mass is 10.4. The van der Waals surface area contributed by atoms with Gasteiger partial charge in [-0.1, -0.05) is 4.49 Å². The Balaban J connectivity index is 2.28. The van der Waals surface area contributed by atoms with E-state index in [0.717, 1.165) is 21.7 Å². The summed E-state index contributed by atoms with van der Waals surface area (Å²) in [5, 5.41) is 8.12. The van der Waals surface area contributed by atoms with Gasteiger partial charge in [-0.05, 0) is 28.9 Å². The van der Waals surface area contributed by atoms with E-state index in [1.54, 1.807) is 16.8 Å². The average molecular weight is 315 g/mol. The van der Waals surface area contributed by atoms with Crippen molar-refractivity contribution in [2.75, 3.05) is 11.9 Å². The number of halogens is 1. The molecule has 0 saturated heterocycles. The van der Waals surface area contributed by atoms with Crippen molar-refractivity contribution in [2.45, 2.75) is 13.5 Å². The van der Waals surface area contributed by atoms with Crippen LogP contribution >= 0.6 is 27.5 Å². The summed E-state index contributed by atoms with van der Waals surface area (Å²) in [6.45, 7) is 3.25. The van der Waals surface area contributed by atoms with Gasteiger partial charge in [0.25, 0.3) is 5.56 Å². The van der Waals surface area contributed by atoms with Crippen LogP contribution < -0.4 is 10.9 Å². The fourth-order valence-corrected chi connectivity index (χ4v) is 2.41. The van der Waals surface area contributed by atoms with Crippen molar-refractivity contribution in [2.24, 2.45) is 0 Å². The monoisotopic (exact) mass is 314 g/mol. The number of nitrogens with zero attached hydrogens (tertiary/aromatic N) is 3. The minimum atomic E-state index is -0.0522. The maximum Gasteiger partial charge on any atom is 0.250 e. The normalized spacial score (nSPS) is 10.5. The van der Waals surface area contributed by atoms with E-state index >= 15 is 0 Å². The highest BCUT2D eigenvalue weighted by molar-refractivity contribution is 9.10. The van der Waals surface area contributed by atoms with Crippen LogP contribution in [0.5, 0.6) is 0 Å². The van der Waals surface area contributed by atoms with E-state index in [0.29, 0.717) is 6.54 Å². The third-order valence-electron chi connectivity index (χ3n) is 2.16. The Kier molecular flexibility index (Phi) is 3.90. The van der Waals surface area contributed by atoms with Crippen molar-refractivity contribution in [1.82, 2.24) is 14.2 Å². The number of pyridine rings is 1. The van der Waals surface area contributed by atoms with Gasteiger partial charge < -0.3 is 9.88 Å². The van der Waals surface area contributed by atoms with Gasteiger partial charge in [0, 0.05) is 34.8 Å². The number of nitrogens with one attached hydrogen (secondary N) is 1. The molecule has 17 heavy (non-hydrogen) atoms. The lowest BCUT2D eigenvalue weighted by Gasteiger charge is -2.05. The fourth-order valence-electron chi connectivity index (χ4n) is 1.39. The second-order valence-electron chi connectivity index (χ2n) is 3.39. The molecule has 2 rings (SSSR count). The minimum absolute atomic E-state index is 0.0522. The highest BCUT2D eigenvalue weighted by Crippen LogP contribution is 2.18. The molecule has 0 aliphatic carbocycles. The molecule has 0 atom stereocenters. The Morgan fingerprint density at radius 1 is 1.53 bits per heavy atom. The molecule has 0 amide bonds. The van der Waals surface area contributed by atoms with Crippen molar-refractivity contribution in [3.8, 4) is 0 Å². The summed E-state index contributed by atoms with van der Waals surface area (Å²) in [6, 6.07) is 3.25. The minimum Gasteiger partial charge on any atom is -0.374 e. The van der Waals surface area contributed by atoms with Crippen LogP contribution in [0, 0.1) is 0 Å². The zero-order chi connectivity index (χ0) is 12.3. The summed E-state index contributed by atoms with van der Waals surface area (Å²) in [4.78, 5) is 11.6. The molecule has 0 fully saturated rings. The molecular formula is C10H11BrN4OS. The maximum atomic E-state index is 11.6. The highest BCUT2D eigenvalue weighted by Gasteiger charge is 2.08. The van der Waals surface area contributed by atoms with Crippen molar-refractivity contribution in [3.05, 3.63) is 38.9 Å². The van der Waals surface area contributed by atoms with Gasteiger partial charge in [-0.15, -0.1) is 5.10 Å². The zero-order valence-electron chi connectivity index (χ0n) is 9.18. The Bertz CT molecular complexity index is 565. The Morgan fingerprint density at radius 2 is 2.35 bits per heavy atom. The lowest BCUT2D eigenvalue weighted by molar-refractivity contribution is 0.733. The van der Waals surface area contributed by atoms with Gasteiger partial charge in [-0.2, -0.15) is 0 Å². The van der Waals surface area contributed by atoms with E-state index in [4.69, 9.17) is 0 Å². The Labute approximate surface area is 111 Å². The summed E-state index contributed by atoms with van der Waals surface area (Å²) in [5.74, 6) is 0. The second kappa shape index (κ2) is 5.42. The number of hydrogen-bond acceptors (Lipinski definition) is 5. The average Bonchev–Trinajstić information content (AvgIpc) is 2.72. The number of rotatable bonds is 4. The molecule has 2 aromatic rings. The van der Waals surface area contributed by atoms with E-state index in [1.165, 1.54) is 17.6 Å². The quantitative estimate of drug-likeness (QED) is 0.937. The largest absolute Gasteiger partial charge is 0.374 e. The van der Waals surface area contributed by atoms with E-state index in [-0.39, 0.29) is 5.56 Å². The SMILES string of the molecule is CCNc1snnc1Cn1cc(Br)ccc1=O. The van der Waals surface area contributed by atoms with Crippen LogP contribution in [0.1, 0.15) is 12.6 Å². The van der Waals surface area contributed by atoms with Crippen LogP contribution in [-0.4, -0.2) is 20.7 Å². The van der Waals surface area contributed by atoms with Crippen molar-refractivity contribution >= 4 is 32.5 Å². The molecule has 0 spiro atoms. The maximum absolute atomic E-state index is 11.6. The summed E-state index contributed by atoms with van der Waals surface area (Å²) in [5.41, 5.74) is 0.737. The molecular weight excluding hydrogens is 304 g/mol. The van der Waals surface area contributed by atoms with Gasteiger partial charge in [0.2, 0.25) is 0 Å². The van der Waals surface area contributed by atoms with Gasteiger partial charge in [0.1, 0.15) is 10.7 Å². The summed E-state index contributed by atoms with van der Waals surface area (Å²) < 4.78 is 6.36. The van der Waals surface area contributed by atoms with Crippen LogP contribution in [0.2, 0.25) is 0 Å². The predicted molar refractivity (Wildman–Crippen MR) is 71.6 cm³/mol. The Hall–Kier alpha value is -1.21. The summed E-state index contributed by atoms with van der Waals surface area (Å²) >= 11 is 4.64. The van der Waals surface area contributed by atoms with E-state index in [9.17, 15) is 4.79 Å². The van der Waals surface area contributed by atoms with Crippen molar-refractivity contribution in [1.29, 1.82) is 0 Å². The van der Waals surface area contributed by atoms with Crippen molar-refractivity contribution < 1.29 is 0 Å². The number of hydrogen-bond donors (Lipinski definition) is 1. The smallest absolute Gasteiger partial charge is 0.250 e. The number of anilines is 1. The predicted octanol–water partition coefficient (Wildman–Crippen LogP) is 1.94. The zero-order valence-corrected chi connectivity index (χ0v) is 11.6. The van der Waals surface area contributed by atoms with Gasteiger partial charge >= 0.3 is 0 Å². The second-order valence-corrected chi connectivity index (χ2v) is 5.06. The molecule has 0 aliphatic heterocycles. The molecule has 0 aromatic carbocycles. The first-order chi connectivity index (χ1) is 8.20. The molecule has 1 N–H and O–H groups in total. The topological polar surface area (TPSA) is 59.8 Å². The van der Waals surface area contributed by atoms with Gasteiger partial charge in [-0.3, -0.25) is 4.79 Å². The molecule has 2 heterocycles. The van der Waals surface area contributed by atoms with E-state index < -0.39 is 0 Å². The fraction of sp³-hybridized carbons (Fsp3) is 0.300. The first kappa shape index (κ1) is 12.3. The molecule has 0 bridgehead atoms. The molecule has 0 unspecified atom stereocenters. The molecule has 5 nitrogen and oxygen atoms in total. The number of aromatic nitrogens is 3. The van der Waals surface area contributed by atoms with Crippen LogP contribution in [0.4, 0.5) is 5.00 Å². The third-order valence-corrected chi connectivity index (χ3v) is 3.36. The van der Waals surface area contributed by atoms with E-state index in [1.807, 2.05) is 6.92 Å². The van der Waals surface area contributed by atoms with Crippen LogP contribution in [0.15, 0.2) is 27.6 Å². The van der Waals surface area contributed by atoms with Crippen LogP contribution in [0.25, 0.3) is 0 Å². The molecule has 2 aromatic heterocycles. The Morgan fingerprint density at radius 3 is 3.12 bits per heavy atom. The standard InChI is InChI=1S/C10H11BrN4OS/c1-2-12-10-8(13-14-17-10)6-15-5-7(11)3-4-9(15)16/h3-5,12H,2,6H2,1H3. The summed E-state index contributed by atoms with van der Waals surface area (Å²) in [7, 11) is 0. The molecule has 0 radical (unpaired) electrons. The van der Waals surface area contributed by atoms with Gasteiger partial charge in [0.05, 0.1) is 6.54 Å². The summed E-state index contributed by atoms with van der Waals surface area (Å²) in [6.07, 6.45) is 1.75. The van der Waals surface area contributed by atoms with Crippen LogP contribution in [0.3, 0.4) is 0 Å². The van der Waals surface area contributed by atoms with E-state index in [2.05, 4.69) is 30.8 Å². The highest BCUT2D eigenvalue weighted by atomic mass is 79.9. The first-order valence-corrected chi connectivity index (χ1v) is 6.68. The molecule has 7 heteroatoms. The molecule has 0 saturated carbocycles. The first-order valence-electron chi connectivity index (χ1n) is 5.12. The third kappa shape index (κ3) is 2.92.